The number of esters is 1. The number of hydrogen-bond acceptors (Lipinski definition) is 5. The van der Waals surface area contributed by atoms with Gasteiger partial charge in [0.2, 0.25) is 6.29 Å². The lowest BCUT2D eigenvalue weighted by molar-refractivity contribution is -0.149. The quantitative estimate of drug-likeness (QED) is 0.389. The van der Waals surface area contributed by atoms with E-state index in [-0.39, 0.29) is 6.47 Å². The van der Waals surface area contributed by atoms with E-state index in [1.165, 1.54) is 24.0 Å². The van der Waals surface area contributed by atoms with Crippen LogP contribution in [0.1, 0.15) is 17.4 Å². The molecule has 0 aliphatic heterocycles. The van der Waals surface area contributed by atoms with Crippen LogP contribution < -0.4 is 0 Å². The second kappa shape index (κ2) is 4.40. The average molecular weight is 198 g/mol. The lowest BCUT2D eigenvalue weighted by Crippen LogP contribution is -2.19. The normalized spacial score (nSPS) is 11.9. The summed E-state index contributed by atoms with van der Waals surface area (Å²) in [6.07, 6.45) is 1.95. The molecule has 0 spiro atoms. The Bertz CT molecular complexity index is 334. The van der Waals surface area contributed by atoms with Crippen molar-refractivity contribution in [2.24, 2.45) is 7.05 Å². The molecule has 0 N–H and O–H groups in total. The molecule has 6 nitrogen and oxygen atoms in total. The van der Waals surface area contributed by atoms with Crippen molar-refractivity contribution in [2.45, 2.75) is 13.2 Å². The number of rotatable bonds is 4. The largest absolute Gasteiger partial charge is 0.428 e. The van der Waals surface area contributed by atoms with Gasteiger partial charge in [-0.05, 0) is 0 Å². The first-order valence-corrected chi connectivity index (χ1v) is 3.91. The minimum absolute atomic E-state index is 0.223. The van der Waals surface area contributed by atoms with Crippen LogP contribution in [0.15, 0.2) is 12.5 Å². The summed E-state index contributed by atoms with van der Waals surface area (Å²) >= 11 is 0. The standard InChI is InChI=1S/C8H10N2O4/c1-6(13-5-11)14-8(12)7-3-9-4-10(7)2/h3-6H,1-2H3. The zero-order chi connectivity index (χ0) is 10.6. The Hall–Kier alpha value is -1.85. The van der Waals surface area contributed by atoms with E-state index in [2.05, 4.69) is 9.72 Å². The minimum atomic E-state index is -0.894. The van der Waals surface area contributed by atoms with Gasteiger partial charge in [-0.25, -0.2) is 9.78 Å². The Morgan fingerprint density at radius 2 is 2.43 bits per heavy atom. The van der Waals surface area contributed by atoms with Crippen LogP contribution in [0.4, 0.5) is 0 Å². The molecule has 0 radical (unpaired) electrons. The highest BCUT2D eigenvalue weighted by atomic mass is 16.7. The van der Waals surface area contributed by atoms with Crippen LogP contribution in [-0.2, 0) is 21.3 Å². The van der Waals surface area contributed by atoms with Gasteiger partial charge >= 0.3 is 5.97 Å². The third kappa shape index (κ3) is 2.32. The van der Waals surface area contributed by atoms with Gasteiger partial charge in [0.05, 0.1) is 12.5 Å². The minimum Gasteiger partial charge on any atom is -0.428 e. The Labute approximate surface area is 80.4 Å². The average Bonchev–Trinajstić information content (AvgIpc) is 2.51. The van der Waals surface area contributed by atoms with Crippen LogP contribution in [0.25, 0.3) is 0 Å². The molecule has 0 aliphatic carbocycles. The van der Waals surface area contributed by atoms with Crippen LogP contribution >= 0.6 is 0 Å². The van der Waals surface area contributed by atoms with Crippen molar-refractivity contribution in [1.29, 1.82) is 0 Å². The molecular weight excluding hydrogens is 188 g/mol. The topological polar surface area (TPSA) is 70.4 Å². The highest BCUT2D eigenvalue weighted by molar-refractivity contribution is 5.87. The second-order valence-electron chi connectivity index (χ2n) is 2.60. The summed E-state index contributed by atoms with van der Waals surface area (Å²) in [5.41, 5.74) is 0.298. The summed E-state index contributed by atoms with van der Waals surface area (Å²) in [6.45, 7) is 1.67. The molecule has 0 amide bonds. The van der Waals surface area contributed by atoms with Gasteiger partial charge in [0, 0.05) is 14.0 Å². The summed E-state index contributed by atoms with van der Waals surface area (Å²) < 4.78 is 10.7. The van der Waals surface area contributed by atoms with E-state index in [1.54, 1.807) is 7.05 Å². The molecule has 0 saturated heterocycles. The molecule has 0 saturated carbocycles. The predicted octanol–water partition coefficient (Wildman–Crippen LogP) is 0.0959. The molecule has 0 aromatic carbocycles. The number of carbonyl (C=O) groups excluding carboxylic acids is 2. The van der Waals surface area contributed by atoms with Crippen molar-refractivity contribution in [2.75, 3.05) is 0 Å². The summed E-state index contributed by atoms with van der Waals surface area (Å²) in [5.74, 6) is -0.584. The van der Waals surface area contributed by atoms with E-state index in [0.29, 0.717) is 5.69 Å². The van der Waals surface area contributed by atoms with Crippen molar-refractivity contribution >= 4 is 12.4 Å². The van der Waals surface area contributed by atoms with Gasteiger partial charge in [-0.2, -0.15) is 0 Å². The SMILES string of the molecule is CC(OC=O)OC(=O)c1cncn1C. The first-order chi connectivity index (χ1) is 6.65. The molecular formula is C8H10N2O4. The monoisotopic (exact) mass is 198 g/mol. The molecule has 76 valence electrons. The molecule has 0 bridgehead atoms. The van der Waals surface area contributed by atoms with Crippen LogP contribution in [-0.4, -0.2) is 28.3 Å². The van der Waals surface area contributed by atoms with Gasteiger partial charge in [-0.15, -0.1) is 0 Å². The fourth-order valence-electron chi connectivity index (χ4n) is 0.871. The Kier molecular flexibility index (Phi) is 3.22. The van der Waals surface area contributed by atoms with Crippen molar-refractivity contribution in [1.82, 2.24) is 9.55 Å². The number of carbonyl (C=O) groups is 2. The van der Waals surface area contributed by atoms with E-state index in [9.17, 15) is 9.59 Å². The van der Waals surface area contributed by atoms with Crippen molar-refractivity contribution < 1.29 is 19.1 Å². The number of imidazole rings is 1. The van der Waals surface area contributed by atoms with Gasteiger partial charge in [0.1, 0.15) is 5.69 Å². The van der Waals surface area contributed by atoms with E-state index in [0.717, 1.165) is 0 Å². The number of hydrogen-bond donors (Lipinski definition) is 0. The second-order valence-corrected chi connectivity index (χ2v) is 2.60. The lowest BCUT2D eigenvalue weighted by atomic mass is 10.5. The number of aromatic nitrogens is 2. The first kappa shape index (κ1) is 10.2. The molecule has 1 atom stereocenters. The summed E-state index contributed by atoms with van der Waals surface area (Å²) in [7, 11) is 1.66. The van der Waals surface area contributed by atoms with Crippen LogP contribution in [0, 0.1) is 0 Å². The van der Waals surface area contributed by atoms with E-state index in [4.69, 9.17) is 4.74 Å². The van der Waals surface area contributed by atoms with Crippen LogP contribution in [0.5, 0.6) is 0 Å². The van der Waals surface area contributed by atoms with E-state index in [1.807, 2.05) is 0 Å². The van der Waals surface area contributed by atoms with Crippen molar-refractivity contribution in [3.8, 4) is 0 Å². The molecule has 1 heterocycles. The molecule has 14 heavy (non-hydrogen) atoms. The molecule has 6 heteroatoms. The summed E-state index contributed by atoms with van der Waals surface area (Å²) in [4.78, 5) is 25.0. The summed E-state index contributed by atoms with van der Waals surface area (Å²) in [5, 5.41) is 0. The van der Waals surface area contributed by atoms with Crippen molar-refractivity contribution in [3.63, 3.8) is 0 Å². The van der Waals surface area contributed by atoms with Gasteiger partial charge in [-0.1, -0.05) is 0 Å². The molecule has 0 fully saturated rings. The zero-order valence-electron chi connectivity index (χ0n) is 7.84. The first-order valence-electron chi connectivity index (χ1n) is 3.91. The Morgan fingerprint density at radius 1 is 1.71 bits per heavy atom. The third-order valence-corrected chi connectivity index (χ3v) is 1.55. The Balaban J connectivity index is 2.59. The molecule has 0 aliphatic rings. The smallest absolute Gasteiger partial charge is 0.359 e. The maximum Gasteiger partial charge on any atom is 0.359 e. The highest BCUT2D eigenvalue weighted by Gasteiger charge is 2.14. The zero-order valence-corrected chi connectivity index (χ0v) is 7.84. The fraction of sp³-hybridized carbons (Fsp3) is 0.375. The highest BCUT2D eigenvalue weighted by Crippen LogP contribution is 2.02. The van der Waals surface area contributed by atoms with Gasteiger partial charge in [-0.3, -0.25) is 4.79 Å². The van der Waals surface area contributed by atoms with Gasteiger partial charge < -0.3 is 14.0 Å². The fourth-order valence-corrected chi connectivity index (χ4v) is 0.871. The molecule has 1 rings (SSSR count). The predicted molar refractivity (Wildman–Crippen MR) is 45.2 cm³/mol. The van der Waals surface area contributed by atoms with Crippen molar-refractivity contribution in [3.05, 3.63) is 18.2 Å². The van der Waals surface area contributed by atoms with Crippen LogP contribution in [0.2, 0.25) is 0 Å². The van der Waals surface area contributed by atoms with Gasteiger partial charge in [0.25, 0.3) is 6.47 Å². The maximum absolute atomic E-state index is 11.3. The van der Waals surface area contributed by atoms with E-state index >= 15 is 0 Å². The number of ether oxygens (including phenoxy) is 2. The van der Waals surface area contributed by atoms with E-state index < -0.39 is 12.3 Å². The molecule has 1 aromatic heterocycles. The third-order valence-electron chi connectivity index (χ3n) is 1.55. The number of nitrogens with zero attached hydrogens (tertiary/aromatic N) is 2. The molecule has 1 aromatic rings. The lowest BCUT2D eigenvalue weighted by Gasteiger charge is -2.10. The van der Waals surface area contributed by atoms with Crippen LogP contribution in [0.3, 0.4) is 0 Å². The maximum atomic E-state index is 11.3. The van der Waals surface area contributed by atoms with Gasteiger partial charge in [0.15, 0.2) is 0 Å². The Morgan fingerprint density at radius 3 is 2.93 bits per heavy atom. The molecule has 1 unspecified atom stereocenters. The summed E-state index contributed by atoms with van der Waals surface area (Å²) in [6, 6.07) is 0. The number of aryl methyl sites for hydroxylation is 1.